The van der Waals surface area contributed by atoms with Crippen molar-refractivity contribution >= 4 is 11.8 Å². The molecule has 1 aliphatic rings. The quantitative estimate of drug-likeness (QED) is 0.704. The highest BCUT2D eigenvalue weighted by Crippen LogP contribution is 2.24. The van der Waals surface area contributed by atoms with E-state index < -0.39 is 0 Å². The van der Waals surface area contributed by atoms with Crippen LogP contribution in [0.3, 0.4) is 0 Å². The van der Waals surface area contributed by atoms with Gasteiger partial charge in [0.15, 0.2) is 0 Å². The SMILES string of the molecule is Cc1ccc(C(=O)NCCNC(=O)C2(C)CCNC2)cc1. The Morgan fingerprint density at radius 1 is 1.19 bits per heavy atom. The number of benzene rings is 1. The lowest BCUT2D eigenvalue weighted by molar-refractivity contribution is -0.129. The average Bonchev–Trinajstić information content (AvgIpc) is 2.92. The third-order valence-electron chi connectivity index (χ3n) is 3.93. The smallest absolute Gasteiger partial charge is 0.251 e. The van der Waals surface area contributed by atoms with E-state index in [1.807, 2.05) is 26.0 Å². The third-order valence-corrected chi connectivity index (χ3v) is 3.93. The van der Waals surface area contributed by atoms with Crippen LogP contribution < -0.4 is 16.0 Å². The van der Waals surface area contributed by atoms with Gasteiger partial charge in [-0.25, -0.2) is 0 Å². The molecule has 1 aromatic rings. The lowest BCUT2D eigenvalue weighted by atomic mass is 9.89. The number of carbonyl (C=O) groups excluding carboxylic acids is 2. The lowest BCUT2D eigenvalue weighted by Gasteiger charge is -2.21. The monoisotopic (exact) mass is 289 g/mol. The van der Waals surface area contributed by atoms with Crippen LogP contribution in [0, 0.1) is 12.3 Å². The lowest BCUT2D eigenvalue weighted by Crippen LogP contribution is -2.43. The summed E-state index contributed by atoms with van der Waals surface area (Å²) >= 11 is 0. The third kappa shape index (κ3) is 4.04. The Hall–Kier alpha value is -1.88. The fourth-order valence-electron chi connectivity index (χ4n) is 2.38. The van der Waals surface area contributed by atoms with Crippen molar-refractivity contribution in [2.45, 2.75) is 20.3 Å². The first-order valence-corrected chi connectivity index (χ1v) is 7.35. The summed E-state index contributed by atoms with van der Waals surface area (Å²) in [5.74, 6) is -0.0601. The normalized spacial score (nSPS) is 21.0. The number of aryl methyl sites for hydroxylation is 1. The van der Waals surface area contributed by atoms with Crippen molar-refractivity contribution in [1.29, 1.82) is 0 Å². The molecule has 1 unspecified atom stereocenters. The molecule has 2 amide bonds. The molecule has 1 aromatic carbocycles. The van der Waals surface area contributed by atoms with E-state index in [-0.39, 0.29) is 17.2 Å². The molecule has 1 aliphatic heterocycles. The molecule has 0 spiro atoms. The minimum Gasteiger partial charge on any atom is -0.354 e. The van der Waals surface area contributed by atoms with Gasteiger partial charge in [-0.05, 0) is 38.9 Å². The first-order chi connectivity index (χ1) is 10.0. The summed E-state index contributed by atoms with van der Waals surface area (Å²) in [5.41, 5.74) is 1.44. The van der Waals surface area contributed by atoms with E-state index in [1.54, 1.807) is 12.1 Å². The van der Waals surface area contributed by atoms with Crippen LogP contribution in [0.4, 0.5) is 0 Å². The van der Waals surface area contributed by atoms with Gasteiger partial charge in [0, 0.05) is 25.2 Å². The largest absolute Gasteiger partial charge is 0.354 e. The molecule has 2 rings (SSSR count). The van der Waals surface area contributed by atoms with Gasteiger partial charge in [-0.15, -0.1) is 0 Å². The predicted molar refractivity (Wildman–Crippen MR) is 82.1 cm³/mol. The minimum atomic E-state index is -0.318. The molecule has 0 aliphatic carbocycles. The van der Waals surface area contributed by atoms with Crippen molar-refractivity contribution in [2.24, 2.45) is 5.41 Å². The maximum Gasteiger partial charge on any atom is 0.251 e. The van der Waals surface area contributed by atoms with E-state index in [0.717, 1.165) is 18.5 Å². The van der Waals surface area contributed by atoms with Gasteiger partial charge in [0.25, 0.3) is 5.91 Å². The molecule has 21 heavy (non-hydrogen) atoms. The summed E-state index contributed by atoms with van der Waals surface area (Å²) in [4.78, 5) is 23.9. The Balaban J connectivity index is 1.71. The Labute approximate surface area is 125 Å². The second kappa shape index (κ2) is 6.72. The van der Waals surface area contributed by atoms with Crippen LogP contribution in [0.15, 0.2) is 24.3 Å². The number of hydrogen-bond acceptors (Lipinski definition) is 3. The highest BCUT2D eigenvalue weighted by molar-refractivity contribution is 5.94. The van der Waals surface area contributed by atoms with E-state index in [2.05, 4.69) is 16.0 Å². The topological polar surface area (TPSA) is 70.2 Å². The molecule has 0 radical (unpaired) electrons. The van der Waals surface area contributed by atoms with Crippen LogP contribution in [0.25, 0.3) is 0 Å². The summed E-state index contributed by atoms with van der Waals surface area (Å²) in [5, 5.41) is 8.89. The molecule has 5 nitrogen and oxygen atoms in total. The maximum atomic E-state index is 12.1. The van der Waals surface area contributed by atoms with Crippen molar-refractivity contribution < 1.29 is 9.59 Å². The fourth-order valence-corrected chi connectivity index (χ4v) is 2.38. The minimum absolute atomic E-state index is 0.0529. The van der Waals surface area contributed by atoms with E-state index in [0.29, 0.717) is 25.2 Å². The number of carbonyl (C=O) groups is 2. The highest BCUT2D eigenvalue weighted by Gasteiger charge is 2.35. The van der Waals surface area contributed by atoms with Gasteiger partial charge in [-0.2, -0.15) is 0 Å². The average molecular weight is 289 g/mol. The van der Waals surface area contributed by atoms with Gasteiger partial charge in [-0.3, -0.25) is 9.59 Å². The van der Waals surface area contributed by atoms with Gasteiger partial charge >= 0.3 is 0 Å². The number of rotatable bonds is 5. The zero-order valence-corrected chi connectivity index (χ0v) is 12.7. The van der Waals surface area contributed by atoms with Crippen LogP contribution >= 0.6 is 0 Å². The summed E-state index contributed by atoms with van der Waals surface area (Å²) in [6.07, 6.45) is 0.856. The van der Waals surface area contributed by atoms with Crippen LogP contribution in [-0.2, 0) is 4.79 Å². The van der Waals surface area contributed by atoms with Gasteiger partial charge in [-0.1, -0.05) is 17.7 Å². The van der Waals surface area contributed by atoms with E-state index >= 15 is 0 Å². The second-order valence-electron chi connectivity index (χ2n) is 5.87. The molecule has 0 saturated carbocycles. The maximum absolute atomic E-state index is 12.1. The molecule has 1 saturated heterocycles. The van der Waals surface area contributed by atoms with Crippen LogP contribution in [0.5, 0.6) is 0 Å². The summed E-state index contributed by atoms with van der Waals surface area (Å²) < 4.78 is 0. The Morgan fingerprint density at radius 3 is 2.48 bits per heavy atom. The highest BCUT2D eigenvalue weighted by atomic mass is 16.2. The Kier molecular flexibility index (Phi) is 4.96. The van der Waals surface area contributed by atoms with Crippen molar-refractivity contribution in [3.05, 3.63) is 35.4 Å². The van der Waals surface area contributed by atoms with Crippen molar-refractivity contribution in [2.75, 3.05) is 26.2 Å². The van der Waals surface area contributed by atoms with Crippen LogP contribution in [-0.4, -0.2) is 38.0 Å². The molecule has 0 bridgehead atoms. The Morgan fingerprint density at radius 2 is 1.86 bits per heavy atom. The molecule has 5 heteroatoms. The van der Waals surface area contributed by atoms with E-state index in [9.17, 15) is 9.59 Å². The van der Waals surface area contributed by atoms with Gasteiger partial charge < -0.3 is 16.0 Å². The molecule has 0 aromatic heterocycles. The number of amides is 2. The fraction of sp³-hybridized carbons (Fsp3) is 0.500. The summed E-state index contributed by atoms with van der Waals surface area (Å²) in [6, 6.07) is 7.41. The zero-order valence-electron chi connectivity index (χ0n) is 12.7. The van der Waals surface area contributed by atoms with Gasteiger partial charge in [0.05, 0.1) is 5.41 Å². The second-order valence-corrected chi connectivity index (χ2v) is 5.87. The number of hydrogen-bond donors (Lipinski definition) is 3. The van der Waals surface area contributed by atoms with E-state index in [4.69, 9.17) is 0 Å². The molecule has 1 heterocycles. The first kappa shape index (κ1) is 15.5. The first-order valence-electron chi connectivity index (χ1n) is 7.35. The standard InChI is InChI=1S/C16H23N3O2/c1-12-3-5-13(6-4-12)14(20)18-9-10-19-15(21)16(2)7-8-17-11-16/h3-6,17H,7-11H2,1-2H3,(H,18,20)(H,19,21). The zero-order chi connectivity index (χ0) is 15.3. The van der Waals surface area contributed by atoms with Crippen LogP contribution in [0.1, 0.15) is 29.3 Å². The molecular formula is C16H23N3O2. The molecule has 1 fully saturated rings. The Bertz CT molecular complexity index is 505. The van der Waals surface area contributed by atoms with Crippen molar-refractivity contribution in [1.82, 2.24) is 16.0 Å². The molecule has 1 atom stereocenters. The van der Waals surface area contributed by atoms with E-state index in [1.165, 1.54) is 0 Å². The van der Waals surface area contributed by atoms with Gasteiger partial charge in [0.1, 0.15) is 0 Å². The van der Waals surface area contributed by atoms with Crippen molar-refractivity contribution in [3.8, 4) is 0 Å². The summed E-state index contributed by atoms with van der Waals surface area (Å²) in [7, 11) is 0. The number of nitrogens with one attached hydrogen (secondary N) is 3. The van der Waals surface area contributed by atoms with Crippen molar-refractivity contribution in [3.63, 3.8) is 0 Å². The summed E-state index contributed by atoms with van der Waals surface area (Å²) in [6.45, 7) is 6.43. The van der Waals surface area contributed by atoms with Crippen LogP contribution in [0.2, 0.25) is 0 Å². The van der Waals surface area contributed by atoms with Gasteiger partial charge in [0.2, 0.25) is 5.91 Å². The molecular weight excluding hydrogens is 266 g/mol. The molecule has 114 valence electrons. The molecule has 3 N–H and O–H groups in total. The predicted octanol–water partition coefficient (Wildman–Crippen LogP) is 0.841.